The highest BCUT2D eigenvalue weighted by molar-refractivity contribution is 7.98. The molecule has 12 heavy (non-hydrogen) atoms. The molecule has 0 aliphatic heterocycles. The zero-order chi connectivity index (χ0) is 9.23. The fourth-order valence-corrected chi connectivity index (χ4v) is 1.73. The van der Waals surface area contributed by atoms with Gasteiger partial charge in [-0.3, -0.25) is 0 Å². The minimum Gasteiger partial charge on any atom is -0.313 e. The maximum atomic E-state index is 3.60. The summed E-state index contributed by atoms with van der Waals surface area (Å²) in [4.78, 5) is 0. The van der Waals surface area contributed by atoms with Gasteiger partial charge < -0.3 is 5.32 Å². The molecule has 0 aromatic heterocycles. The Labute approximate surface area is 81.7 Å². The molecule has 1 nitrogen and oxygen atoms in total. The lowest BCUT2D eigenvalue weighted by Gasteiger charge is -2.16. The monoisotopic (exact) mass is 189 g/mol. The van der Waals surface area contributed by atoms with Crippen LogP contribution in [0.15, 0.2) is 0 Å². The van der Waals surface area contributed by atoms with Crippen molar-refractivity contribution < 1.29 is 0 Å². The van der Waals surface area contributed by atoms with E-state index < -0.39 is 0 Å². The van der Waals surface area contributed by atoms with E-state index in [9.17, 15) is 0 Å². The van der Waals surface area contributed by atoms with Gasteiger partial charge in [0.15, 0.2) is 0 Å². The molecular weight excluding hydrogens is 166 g/mol. The minimum atomic E-state index is 0.771. The van der Waals surface area contributed by atoms with Gasteiger partial charge in [0.2, 0.25) is 0 Å². The Bertz CT molecular complexity index is 79.9. The summed E-state index contributed by atoms with van der Waals surface area (Å²) in [5.41, 5.74) is 0. The van der Waals surface area contributed by atoms with E-state index >= 15 is 0 Å². The van der Waals surface area contributed by atoms with Gasteiger partial charge in [0.05, 0.1) is 0 Å². The first-order valence-electron chi connectivity index (χ1n) is 5.07. The van der Waals surface area contributed by atoms with Gasteiger partial charge in [0.1, 0.15) is 0 Å². The number of hydrogen-bond acceptors (Lipinski definition) is 2. The summed E-state index contributed by atoms with van der Waals surface area (Å²) in [6.07, 6.45) is 7.44. The number of hydrogen-bond donors (Lipinski definition) is 1. The molecule has 0 unspecified atom stereocenters. The Morgan fingerprint density at radius 3 is 2.17 bits per heavy atom. The lowest BCUT2D eigenvalue weighted by molar-refractivity contribution is 0.457. The van der Waals surface area contributed by atoms with E-state index in [2.05, 4.69) is 25.4 Å². The van der Waals surface area contributed by atoms with Crippen molar-refractivity contribution in [2.45, 2.75) is 45.6 Å². The van der Waals surface area contributed by atoms with Crippen LogP contribution >= 0.6 is 11.8 Å². The van der Waals surface area contributed by atoms with E-state index in [1.54, 1.807) is 0 Å². The molecule has 0 radical (unpaired) electrons. The van der Waals surface area contributed by atoms with Crippen LogP contribution in [0.5, 0.6) is 0 Å². The molecule has 0 aliphatic carbocycles. The quantitative estimate of drug-likeness (QED) is 0.589. The molecule has 0 fully saturated rings. The third kappa shape index (κ3) is 6.99. The van der Waals surface area contributed by atoms with Crippen molar-refractivity contribution in [3.63, 3.8) is 0 Å². The fourth-order valence-electron chi connectivity index (χ4n) is 1.41. The van der Waals surface area contributed by atoms with Gasteiger partial charge in [-0.15, -0.1) is 0 Å². The van der Waals surface area contributed by atoms with Crippen LogP contribution in [0.1, 0.15) is 39.5 Å². The summed E-state index contributed by atoms with van der Waals surface area (Å²) in [7, 11) is 0. The van der Waals surface area contributed by atoms with Gasteiger partial charge in [-0.25, -0.2) is 0 Å². The number of thioether (sulfide) groups is 1. The molecule has 2 heteroatoms. The van der Waals surface area contributed by atoms with Crippen molar-refractivity contribution in [2.75, 3.05) is 18.6 Å². The molecule has 0 heterocycles. The van der Waals surface area contributed by atoms with Crippen LogP contribution in [0.3, 0.4) is 0 Å². The maximum absolute atomic E-state index is 3.60. The first kappa shape index (κ1) is 12.3. The summed E-state index contributed by atoms with van der Waals surface area (Å²) in [6, 6.07) is 0.771. The van der Waals surface area contributed by atoms with Crippen molar-refractivity contribution in [1.29, 1.82) is 0 Å². The first-order chi connectivity index (χ1) is 5.85. The second-order valence-corrected chi connectivity index (χ2v) is 4.21. The Morgan fingerprint density at radius 2 is 1.75 bits per heavy atom. The van der Waals surface area contributed by atoms with Crippen LogP contribution in [0.2, 0.25) is 0 Å². The minimum absolute atomic E-state index is 0.771. The smallest absolute Gasteiger partial charge is 0.00671 e. The van der Waals surface area contributed by atoms with Crippen molar-refractivity contribution >= 4 is 11.8 Å². The zero-order valence-corrected chi connectivity index (χ0v) is 9.54. The summed E-state index contributed by atoms with van der Waals surface area (Å²) < 4.78 is 0. The SMILES string of the molecule is CCCC(CCC)NCCSC. The van der Waals surface area contributed by atoms with E-state index in [4.69, 9.17) is 0 Å². The van der Waals surface area contributed by atoms with Crippen LogP contribution in [-0.4, -0.2) is 24.6 Å². The van der Waals surface area contributed by atoms with Gasteiger partial charge in [0, 0.05) is 18.3 Å². The van der Waals surface area contributed by atoms with Crippen LogP contribution in [-0.2, 0) is 0 Å². The Hall–Kier alpha value is 0.310. The summed E-state index contributed by atoms with van der Waals surface area (Å²) >= 11 is 1.92. The number of rotatable bonds is 8. The first-order valence-corrected chi connectivity index (χ1v) is 6.46. The van der Waals surface area contributed by atoms with Crippen LogP contribution < -0.4 is 5.32 Å². The predicted molar refractivity (Wildman–Crippen MR) is 60.0 cm³/mol. The van der Waals surface area contributed by atoms with Crippen LogP contribution in [0, 0.1) is 0 Å². The van der Waals surface area contributed by atoms with Crippen LogP contribution in [0.25, 0.3) is 0 Å². The summed E-state index contributed by atoms with van der Waals surface area (Å²) in [5, 5.41) is 3.60. The van der Waals surface area contributed by atoms with Gasteiger partial charge in [-0.1, -0.05) is 26.7 Å². The van der Waals surface area contributed by atoms with Gasteiger partial charge >= 0.3 is 0 Å². The molecule has 0 aromatic rings. The second-order valence-electron chi connectivity index (χ2n) is 3.22. The molecule has 0 rings (SSSR count). The van der Waals surface area contributed by atoms with Gasteiger partial charge in [0.25, 0.3) is 0 Å². The fraction of sp³-hybridized carbons (Fsp3) is 1.00. The summed E-state index contributed by atoms with van der Waals surface area (Å²) in [6.45, 7) is 5.70. The molecular formula is C10H23NS. The molecule has 0 bridgehead atoms. The van der Waals surface area contributed by atoms with Crippen molar-refractivity contribution in [1.82, 2.24) is 5.32 Å². The highest BCUT2D eigenvalue weighted by Gasteiger charge is 2.03. The van der Waals surface area contributed by atoms with E-state index in [1.807, 2.05) is 11.8 Å². The van der Waals surface area contributed by atoms with Crippen molar-refractivity contribution in [3.05, 3.63) is 0 Å². The second kappa shape index (κ2) is 9.40. The molecule has 0 spiro atoms. The highest BCUT2D eigenvalue weighted by atomic mass is 32.2. The molecule has 0 aliphatic rings. The lowest BCUT2D eigenvalue weighted by atomic mass is 10.1. The third-order valence-corrected chi connectivity index (χ3v) is 2.63. The van der Waals surface area contributed by atoms with Gasteiger partial charge in [-0.05, 0) is 19.1 Å². The maximum Gasteiger partial charge on any atom is 0.00671 e. The number of nitrogens with one attached hydrogen (secondary N) is 1. The average Bonchev–Trinajstić information content (AvgIpc) is 2.06. The van der Waals surface area contributed by atoms with Gasteiger partial charge in [-0.2, -0.15) is 11.8 Å². The van der Waals surface area contributed by atoms with E-state index in [0.717, 1.165) is 6.04 Å². The largest absolute Gasteiger partial charge is 0.313 e. The predicted octanol–water partition coefficient (Wildman–Crippen LogP) is 2.91. The van der Waals surface area contributed by atoms with E-state index in [-0.39, 0.29) is 0 Å². The Kier molecular flexibility index (Phi) is 9.64. The van der Waals surface area contributed by atoms with E-state index in [0.29, 0.717) is 0 Å². The van der Waals surface area contributed by atoms with E-state index in [1.165, 1.54) is 38.0 Å². The Balaban J connectivity index is 3.34. The molecule has 0 saturated carbocycles. The lowest BCUT2D eigenvalue weighted by Crippen LogP contribution is -2.30. The molecule has 0 aromatic carbocycles. The van der Waals surface area contributed by atoms with Crippen molar-refractivity contribution in [3.8, 4) is 0 Å². The average molecular weight is 189 g/mol. The summed E-state index contributed by atoms with van der Waals surface area (Å²) in [5.74, 6) is 1.24. The molecule has 0 atom stereocenters. The zero-order valence-electron chi connectivity index (χ0n) is 8.73. The standard InChI is InChI=1S/C10H23NS/c1-4-6-10(7-5-2)11-8-9-12-3/h10-11H,4-9H2,1-3H3. The molecule has 1 N–H and O–H groups in total. The normalized spacial score (nSPS) is 11.0. The molecule has 74 valence electrons. The van der Waals surface area contributed by atoms with Crippen molar-refractivity contribution in [2.24, 2.45) is 0 Å². The Morgan fingerprint density at radius 1 is 1.17 bits per heavy atom. The molecule has 0 saturated heterocycles. The third-order valence-electron chi connectivity index (χ3n) is 2.01. The van der Waals surface area contributed by atoms with Crippen LogP contribution in [0.4, 0.5) is 0 Å². The topological polar surface area (TPSA) is 12.0 Å². The molecule has 0 amide bonds. The highest BCUT2D eigenvalue weighted by Crippen LogP contribution is 2.04.